The molecule has 1 amide bonds. The number of hydrogen-bond donors (Lipinski definition) is 1. The van der Waals surface area contributed by atoms with Gasteiger partial charge in [-0.2, -0.15) is 0 Å². The molecule has 1 saturated carbocycles. The maximum absolute atomic E-state index is 13.0. The molecule has 150 valence electrons. The van der Waals surface area contributed by atoms with Crippen molar-refractivity contribution in [3.05, 3.63) is 59.7 Å². The normalized spacial score (nSPS) is 15.9. The van der Waals surface area contributed by atoms with Gasteiger partial charge >= 0.3 is 0 Å². The topological polar surface area (TPSA) is 72.5 Å². The number of nitrogens with one attached hydrogen (secondary N) is 1. The van der Waals surface area contributed by atoms with Crippen molar-refractivity contribution in [1.29, 1.82) is 0 Å². The summed E-state index contributed by atoms with van der Waals surface area (Å²) >= 11 is 0. The molecule has 0 bridgehead atoms. The smallest absolute Gasteiger partial charge is 0.230 e. The lowest BCUT2D eigenvalue weighted by Gasteiger charge is -2.28. The molecule has 0 atom stereocenters. The van der Waals surface area contributed by atoms with Gasteiger partial charge in [0.2, 0.25) is 5.91 Å². The molecule has 0 radical (unpaired) electrons. The van der Waals surface area contributed by atoms with Crippen LogP contribution in [0.4, 0.5) is 0 Å². The van der Waals surface area contributed by atoms with Crippen LogP contribution in [0.25, 0.3) is 0 Å². The standard InChI is InChI=1S/C22H27NO4S/c1-17-6-5-7-18(16-17)22(12-3-4-13-22)21(24)23-14-15-27-19-8-10-20(11-9-19)28(2,25)26/h5-11,16H,3-4,12-15H2,1-2H3,(H,23,24). The third-order valence-electron chi connectivity index (χ3n) is 5.37. The number of hydrogen-bond acceptors (Lipinski definition) is 4. The molecule has 1 N–H and O–H groups in total. The number of ether oxygens (including phenoxy) is 1. The van der Waals surface area contributed by atoms with Crippen molar-refractivity contribution in [3.8, 4) is 5.75 Å². The number of sulfone groups is 1. The van der Waals surface area contributed by atoms with Crippen molar-refractivity contribution in [1.82, 2.24) is 5.32 Å². The Balaban J connectivity index is 1.57. The first-order valence-corrected chi connectivity index (χ1v) is 11.5. The molecular formula is C22H27NO4S. The third-order valence-corrected chi connectivity index (χ3v) is 6.50. The van der Waals surface area contributed by atoms with Crippen molar-refractivity contribution in [3.63, 3.8) is 0 Å². The van der Waals surface area contributed by atoms with Crippen LogP contribution in [0.2, 0.25) is 0 Å². The zero-order valence-electron chi connectivity index (χ0n) is 16.4. The van der Waals surface area contributed by atoms with Gasteiger partial charge in [0.05, 0.1) is 16.9 Å². The third kappa shape index (κ3) is 4.55. The fourth-order valence-electron chi connectivity index (χ4n) is 3.85. The first-order valence-electron chi connectivity index (χ1n) is 9.60. The Labute approximate surface area is 167 Å². The Hall–Kier alpha value is -2.34. The van der Waals surface area contributed by atoms with E-state index in [0.717, 1.165) is 36.8 Å². The summed E-state index contributed by atoms with van der Waals surface area (Å²) in [6.07, 6.45) is 5.03. The SMILES string of the molecule is Cc1cccc(C2(C(=O)NCCOc3ccc(S(C)(=O)=O)cc3)CCCC2)c1. The molecule has 28 heavy (non-hydrogen) atoms. The average Bonchev–Trinajstić information content (AvgIpc) is 3.16. The summed E-state index contributed by atoms with van der Waals surface area (Å²) in [5, 5.41) is 3.03. The molecule has 1 aliphatic rings. The quantitative estimate of drug-likeness (QED) is 0.722. The summed E-state index contributed by atoms with van der Waals surface area (Å²) in [4.78, 5) is 13.3. The first kappa shape index (κ1) is 20.4. The Morgan fingerprint density at radius 3 is 2.39 bits per heavy atom. The predicted octanol–water partition coefficient (Wildman–Crippen LogP) is 3.41. The molecule has 0 aromatic heterocycles. The van der Waals surface area contributed by atoms with Gasteiger partial charge < -0.3 is 10.1 Å². The number of rotatable bonds is 7. The van der Waals surface area contributed by atoms with Crippen LogP contribution >= 0.6 is 0 Å². The lowest BCUT2D eigenvalue weighted by atomic mass is 9.77. The molecule has 3 rings (SSSR count). The number of aryl methyl sites for hydroxylation is 1. The van der Waals surface area contributed by atoms with Crippen LogP contribution in [-0.4, -0.2) is 33.7 Å². The van der Waals surface area contributed by atoms with Gasteiger partial charge in [0, 0.05) is 6.26 Å². The zero-order valence-corrected chi connectivity index (χ0v) is 17.2. The van der Waals surface area contributed by atoms with Gasteiger partial charge in [0.1, 0.15) is 12.4 Å². The summed E-state index contributed by atoms with van der Waals surface area (Å²) in [7, 11) is -3.21. The highest BCUT2D eigenvalue weighted by Gasteiger charge is 2.42. The van der Waals surface area contributed by atoms with Crippen LogP contribution in [0.15, 0.2) is 53.4 Å². The minimum Gasteiger partial charge on any atom is -0.492 e. The molecule has 5 nitrogen and oxygen atoms in total. The van der Waals surface area contributed by atoms with E-state index >= 15 is 0 Å². The summed E-state index contributed by atoms with van der Waals surface area (Å²) < 4.78 is 28.6. The highest BCUT2D eigenvalue weighted by Crippen LogP contribution is 2.41. The number of carbonyl (C=O) groups excluding carboxylic acids is 1. The van der Waals surface area contributed by atoms with Crippen molar-refractivity contribution in [2.24, 2.45) is 0 Å². The van der Waals surface area contributed by atoms with E-state index in [-0.39, 0.29) is 10.8 Å². The second kappa shape index (κ2) is 8.35. The minimum atomic E-state index is -3.21. The van der Waals surface area contributed by atoms with Crippen molar-refractivity contribution in [2.45, 2.75) is 42.9 Å². The van der Waals surface area contributed by atoms with E-state index in [1.54, 1.807) is 12.1 Å². The fraction of sp³-hybridized carbons (Fsp3) is 0.409. The lowest BCUT2D eigenvalue weighted by Crippen LogP contribution is -2.44. The van der Waals surface area contributed by atoms with E-state index in [1.807, 2.05) is 19.1 Å². The van der Waals surface area contributed by atoms with E-state index in [1.165, 1.54) is 18.4 Å². The lowest BCUT2D eigenvalue weighted by molar-refractivity contribution is -0.126. The second-order valence-corrected chi connectivity index (χ2v) is 9.52. The van der Waals surface area contributed by atoms with Crippen molar-refractivity contribution in [2.75, 3.05) is 19.4 Å². The molecule has 2 aromatic rings. The Morgan fingerprint density at radius 2 is 1.79 bits per heavy atom. The van der Waals surface area contributed by atoms with Crippen LogP contribution in [0.1, 0.15) is 36.8 Å². The molecule has 1 aliphatic carbocycles. The van der Waals surface area contributed by atoms with Crippen LogP contribution < -0.4 is 10.1 Å². The Bertz CT molecular complexity index is 929. The van der Waals surface area contributed by atoms with Gasteiger partial charge in [0.25, 0.3) is 0 Å². The Morgan fingerprint density at radius 1 is 1.11 bits per heavy atom. The maximum Gasteiger partial charge on any atom is 0.230 e. The summed E-state index contributed by atoms with van der Waals surface area (Å²) in [5.41, 5.74) is 1.82. The van der Waals surface area contributed by atoms with Crippen LogP contribution in [0, 0.1) is 6.92 Å². The van der Waals surface area contributed by atoms with Crippen LogP contribution in [-0.2, 0) is 20.0 Å². The molecule has 1 fully saturated rings. The fourth-order valence-corrected chi connectivity index (χ4v) is 4.48. The predicted molar refractivity (Wildman–Crippen MR) is 109 cm³/mol. The van der Waals surface area contributed by atoms with E-state index < -0.39 is 15.3 Å². The van der Waals surface area contributed by atoms with E-state index in [0.29, 0.717) is 18.9 Å². The largest absolute Gasteiger partial charge is 0.492 e. The zero-order chi connectivity index (χ0) is 20.2. The van der Waals surface area contributed by atoms with E-state index in [4.69, 9.17) is 4.74 Å². The minimum absolute atomic E-state index is 0.0617. The first-order chi connectivity index (χ1) is 13.3. The highest BCUT2D eigenvalue weighted by molar-refractivity contribution is 7.90. The van der Waals surface area contributed by atoms with Crippen LogP contribution in [0.5, 0.6) is 5.75 Å². The molecule has 0 spiro atoms. The number of benzene rings is 2. The van der Waals surface area contributed by atoms with E-state index in [9.17, 15) is 13.2 Å². The van der Waals surface area contributed by atoms with Gasteiger partial charge in [-0.15, -0.1) is 0 Å². The van der Waals surface area contributed by atoms with Crippen molar-refractivity contribution < 1.29 is 17.9 Å². The molecule has 2 aromatic carbocycles. The summed E-state index contributed by atoms with van der Waals surface area (Å²) in [6.45, 7) is 2.78. The Kier molecular flexibility index (Phi) is 6.08. The van der Waals surface area contributed by atoms with Gasteiger partial charge in [-0.1, -0.05) is 42.7 Å². The highest BCUT2D eigenvalue weighted by atomic mass is 32.2. The molecular weight excluding hydrogens is 374 g/mol. The molecule has 6 heteroatoms. The van der Waals surface area contributed by atoms with Gasteiger partial charge in [-0.05, 0) is 49.6 Å². The number of carbonyl (C=O) groups is 1. The number of amides is 1. The van der Waals surface area contributed by atoms with Crippen molar-refractivity contribution >= 4 is 15.7 Å². The second-order valence-electron chi connectivity index (χ2n) is 7.51. The molecule has 0 saturated heterocycles. The maximum atomic E-state index is 13.0. The monoisotopic (exact) mass is 401 g/mol. The van der Waals surface area contributed by atoms with Gasteiger partial charge in [-0.3, -0.25) is 4.79 Å². The summed E-state index contributed by atoms with van der Waals surface area (Å²) in [6, 6.07) is 14.5. The molecule has 0 aliphatic heterocycles. The van der Waals surface area contributed by atoms with Gasteiger partial charge in [0.15, 0.2) is 9.84 Å². The van der Waals surface area contributed by atoms with Gasteiger partial charge in [-0.25, -0.2) is 8.42 Å². The average molecular weight is 402 g/mol. The molecule has 0 heterocycles. The van der Waals surface area contributed by atoms with Crippen LogP contribution in [0.3, 0.4) is 0 Å². The van der Waals surface area contributed by atoms with E-state index in [2.05, 4.69) is 17.4 Å². The summed E-state index contributed by atoms with van der Waals surface area (Å²) in [5.74, 6) is 0.641. The molecule has 0 unspecified atom stereocenters.